The minimum atomic E-state index is -0.696. The van der Waals surface area contributed by atoms with Gasteiger partial charge in [0, 0.05) is 34.9 Å². The van der Waals surface area contributed by atoms with Gasteiger partial charge in [0.05, 0.1) is 11.1 Å². The van der Waals surface area contributed by atoms with Crippen LogP contribution in [0.5, 0.6) is 46.0 Å². The molecule has 44 heavy (non-hydrogen) atoms. The van der Waals surface area contributed by atoms with Crippen LogP contribution in [0.25, 0.3) is 0 Å². The number of nitrogens with two attached hydrogens (primary N) is 2. The summed E-state index contributed by atoms with van der Waals surface area (Å²) in [6, 6.07) is 22.8. The van der Waals surface area contributed by atoms with Crippen LogP contribution >= 0.6 is 0 Å². The number of amides is 2. The Kier molecular flexibility index (Phi) is 7.98. The number of phenolic OH excluding ortho intramolecular Hbond substituents is 4. The number of benzene rings is 5. The van der Waals surface area contributed by atoms with Crippen LogP contribution < -0.4 is 31.6 Å². The summed E-state index contributed by atoms with van der Waals surface area (Å²) in [4.78, 5) is 27.2. The highest BCUT2D eigenvalue weighted by Crippen LogP contribution is 2.37. The van der Waals surface area contributed by atoms with E-state index in [2.05, 4.69) is 10.6 Å². The molecule has 0 atom stereocenters. The van der Waals surface area contributed by atoms with Crippen LogP contribution in [-0.2, 0) is 0 Å². The second kappa shape index (κ2) is 12.1. The maximum absolute atomic E-state index is 13.6. The molecule has 222 valence electrons. The number of carbonyl (C=O) groups is 2. The number of phenols is 4. The Morgan fingerprint density at radius 2 is 0.864 bits per heavy atom. The van der Waals surface area contributed by atoms with Crippen LogP contribution in [0.3, 0.4) is 0 Å². The van der Waals surface area contributed by atoms with Crippen molar-refractivity contribution in [1.82, 2.24) is 0 Å². The van der Waals surface area contributed by atoms with Gasteiger partial charge < -0.3 is 52.0 Å². The van der Waals surface area contributed by atoms with Gasteiger partial charge in [-0.05, 0) is 84.9 Å². The molecule has 5 aromatic rings. The molecule has 0 aliphatic heterocycles. The molecular weight excluding hydrogens is 568 g/mol. The van der Waals surface area contributed by atoms with E-state index in [9.17, 15) is 30.0 Å². The van der Waals surface area contributed by atoms with Gasteiger partial charge in [0.1, 0.15) is 23.0 Å². The molecule has 5 aromatic carbocycles. The fourth-order valence-electron chi connectivity index (χ4n) is 4.01. The van der Waals surface area contributed by atoms with E-state index in [-0.39, 0.29) is 45.5 Å². The van der Waals surface area contributed by atoms with Crippen molar-refractivity contribution in [2.24, 2.45) is 0 Å². The number of aromatic hydroxyl groups is 4. The van der Waals surface area contributed by atoms with E-state index in [0.29, 0.717) is 22.9 Å². The summed E-state index contributed by atoms with van der Waals surface area (Å²) in [6.45, 7) is 0. The Bertz CT molecular complexity index is 1720. The summed E-state index contributed by atoms with van der Waals surface area (Å²) < 4.78 is 12.1. The highest BCUT2D eigenvalue weighted by molar-refractivity contribution is 6.10. The lowest BCUT2D eigenvalue weighted by molar-refractivity contribution is 0.101. The van der Waals surface area contributed by atoms with Crippen LogP contribution in [0, 0.1) is 0 Å². The second-order valence-electron chi connectivity index (χ2n) is 9.50. The molecule has 12 nitrogen and oxygen atoms in total. The van der Waals surface area contributed by atoms with Crippen molar-refractivity contribution in [2.75, 3.05) is 22.1 Å². The Hall–Kier alpha value is -6.56. The van der Waals surface area contributed by atoms with Crippen LogP contribution in [0.1, 0.15) is 20.7 Å². The quantitative estimate of drug-likeness (QED) is 0.0618. The zero-order valence-electron chi connectivity index (χ0n) is 22.8. The monoisotopic (exact) mass is 594 g/mol. The molecule has 0 spiro atoms. The van der Waals surface area contributed by atoms with Gasteiger partial charge >= 0.3 is 0 Å². The number of anilines is 4. The summed E-state index contributed by atoms with van der Waals surface area (Å²) in [5, 5.41) is 44.3. The molecule has 0 radical (unpaired) electrons. The molecule has 0 aromatic heterocycles. The topological polar surface area (TPSA) is 210 Å². The van der Waals surface area contributed by atoms with Crippen molar-refractivity contribution in [3.8, 4) is 46.0 Å². The van der Waals surface area contributed by atoms with Gasteiger partial charge in [-0.25, -0.2) is 0 Å². The Labute approximate surface area is 250 Å². The number of ether oxygens (including phenoxy) is 2. The molecule has 0 heterocycles. The van der Waals surface area contributed by atoms with E-state index in [1.807, 2.05) is 0 Å². The summed E-state index contributed by atoms with van der Waals surface area (Å²) in [6.07, 6.45) is 0. The molecular formula is C32H26N4O8. The van der Waals surface area contributed by atoms with Gasteiger partial charge in [-0.1, -0.05) is 0 Å². The van der Waals surface area contributed by atoms with E-state index in [1.54, 1.807) is 48.5 Å². The van der Waals surface area contributed by atoms with Crippen LogP contribution in [0.4, 0.5) is 22.7 Å². The van der Waals surface area contributed by atoms with Crippen molar-refractivity contribution in [3.63, 3.8) is 0 Å². The third kappa shape index (κ3) is 6.66. The molecule has 5 rings (SSSR count). The molecule has 2 amide bonds. The van der Waals surface area contributed by atoms with Crippen molar-refractivity contribution in [1.29, 1.82) is 0 Å². The molecule has 0 saturated carbocycles. The predicted octanol–water partition coefficient (Wildman–Crippen LogP) is 5.76. The maximum Gasteiger partial charge on any atom is 0.259 e. The van der Waals surface area contributed by atoms with Gasteiger partial charge in [0.15, 0.2) is 23.0 Å². The summed E-state index contributed by atoms with van der Waals surface area (Å²) in [5.74, 6) is -2.50. The number of rotatable bonds is 8. The number of nitrogen functional groups attached to an aromatic ring is 2. The molecule has 0 aliphatic rings. The molecule has 12 heteroatoms. The Morgan fingerprint density at radius 3 is 1.20 bits per heavy atom. The number of nitrogens with one attached hydrogen (secondary N) is 2. The first-order chi connectivity index (χ1) is 21.0. The lowest BCUT2D eigenvalue weighted by Crippen LogP contribution is -2.17. The van der Waals surface area contributed by atoms with Gasteiger partial charge in [-0.3, -0.25) is 9.59 Å². The van der Waals surface area contributed by atoms with Gasteiger partial charge in [0.2, 0.25) is 0 Å². The molecule has 0 fully saturated rings. The SMILES string of the molecule is Nc1ccc(Oc2cc(C(=O)Nc3ccc(O)c(O)c3)c(Oc3ccc(N)cc3)cc2C(=O)Nc2ccc(O)c(O)c2)cc1. The first-order valence-electron chi connectivity index (χ1n) is 13.0. The third-order valence-corrected chi connectivity index (χ3v) is 6.25. The van der Waals surface area contributed by atoms with E-state index in [1.165, 1.54) is 36.4 Å². The highest BCUT2D eigenvalue weighted by Gasteiger charge is 2.24. The molecule has 10 N–H and O–H groups in total. The smallest absolute Gasteiger partial charge is 0.259 e. The Morgan fingerprint density at radius 1 is 0.500 bits per heavy atom. The third-order valence-electron chi connectivity index (χ3n) is 6.25. The number of hydrogen-bond donors (Lipinski definition) is 8. The summed E-state index contributed by atoms with van der Waals surface area (Å²) in [7, 11) is 0. The van der Waals surface area contributed by atoms with Gasteiger partial charge in [-0.15, -0.1) is 0 Å². The van der Waals surface area contributed by atoms with E-state index >= 15 is 0 Å². The first-order valence-corrected chi connectivity index (χ1v) is 13.0. The maximum atomic E-state index is 13.6. The van der Waals surface area contributed by atoms with Crippen LogP contribution in [0.15, 0.2) is 97.1 Å². The summed E-state index contributed by atoms with van der Waals surface area (Å²) >= 11 is 0. The average molecular weight is 595 g/mol. The number of hydrogen-bond acceptors (Lipinski definition) is 10. The lowest BCUT2D eigenvalue weighted by Gasteiger charge is -2.18. The van der Waals surface area contributed by atoms with Crippen molar-refractivity contribution in [2.45, 2.75) is 0 Å². The Balaban J connectivity index is 1.61. The molecule has 0 unspecified atom stereocenters. The average Bonchev–Trinajstić information content (AvgIpc) is 2.99. The van der Waals surface area contributed by atoms with Crippen LogP contribution in [0.2, 0.25) is 0 Å². The fraction of sp³-hybridized carbons (Fsp3) is 0. The fourth-order valence-corrected chi connectivity index (χ4v) is 4.01. The lowest BCUT2D eigenvalue weighted by atomic mass is 10.1. The first kappa shape index (κ1) is 29.0. The second-order valence-corrected chi connectivity index (χ2v) is 9.50. The summed E-state index contributed by atoms with van der Waals surface area (Å²) in [5.41, 5.74) is 12.8. The number of carbonyl (C=O) groups excluding carboxylic acids is 2. The zero-order valence-corrected chi connectivity index (χ0v) is 22.8. The molecule has 0 bridgehead atoms. The molecule has 0 aliphatic carbocycles. The standard InChI is InChI=1S/C32H26N4O8/c33-17-1-7-21(8-2-17)43-29-15-24(32(42)36-20-6-12-26(38)28(40)14-20)30(44-22-9-3-18(34)4-10-22)16-23(29)31(41)35-19-5-11-25(37)27(39)13-19/h1-16,37-40H,33-34H2,(H,35,41)(H,36,42). The zero-order chi connectivity index (χ0) is 31.4. The largest absolute Gasteiger partial charge is 0.504 e. The normalized spacial score (nSPS) is 10.5. The minimum Gasteiger partial charge on any atom is -0.504 e. The predicted molar refractivity (Wildman–Crippen MR) is 164 cm³/mol. The molecule has 0 saturated heterocycles. The van der Waals surface area contributed by atoms with Crippen molar-refractivity contribution in [3.05, 3.63) is 108 Å². The van der Waals surface area contributed by atoms with Crippen molar-refractivity contribution < 1.29 is 39.5 Å². The van der Waals surface area contributed by atoms with Crippen LogP contribution in [-0.4, -0.2) is 32.2 Å². The highest BCUT2D eigenvalue weighted by atomic mass is 16.5. The minimum absolute atomic E-state index is 0.0429. The van der Waals surface area contributed by atoms with E-state index < -0.39 is 23.3 Å². The van der Waals surface area contributed by atoms with E-state index in [4.69, 9.17) is 20.9 Å². The van der Waals surface area contributed by atoms with Gasteiger partial charge in [0.25, 0.3) is 11.8 Å². The van der Waals surface area contributed by atoms with Gasteiger partial charge in [-0.2, -0.15) is 0 Å². The van der Waals surface area contributed by atoms with Crippen molar-refractivity contribution >= 4 is 34.6 Å². The van der Waals surface area contributed by atoms with E-state index in [0.717, 1.165) is 12.1 Å².